The van der Waals surface area contributed by atoms with Crippen molar-refractivity contribution in [2.75, 3.05) is 9.80 Å². The molecule has 1 aromatic heterocycles. The van der Waals surface area contributed by atoms with E-state index >= 15 is 0 Å². The summed E-state index contributed by atoms with van der Waals surface area (Å²) in [5.74, 6) is 0. The SMILES string of the molecule is c1cc(-c2ccccc2N(c2cccc(-c3ccc4ccccc4c3)c2)c2ccc3c(ccc4ccccc43)c2)cc(N(c2ccc(-c3ccc(-c4cccc5ccccc45)cc3)cc2)c2ccc(-c3ccc4c(c3)oc3ccc5ccccc5c34)cc2)c1. The van der Waals surface area contributed by atoms with Crippen molar-refractivity contribution in [3.63, 3.8) is 0 Å². The molecule has 17 rings (SSSR count). The smallest absolute Gasteiger partial charge is 0.136 e. The molecule has 0 N–H and O–H groups in total. The molecule has 17 aromatic rings. The fourth-order valence-electron chi connectivity index (χ4n) is 13.6. The van der Waals surface area contributed by atoms with Gasteiger partial charge in [0.2, 0.25) is 0 Å². The highest BCUT2D eigenvalue weighted by atomic mass is 16.3. The standard InChI is InChI=1S/C86H56N2O/c1-2-18-65-52-67(36-32-57(65)14-1)66-20-11-23-74(53-66)88(75-48-50-79-70(55-75)37-35-62-16-4-7-25-77(62)79)83-29-10-9-26-80(83)69-21-12-22-73(54-69)87(71-44-38-59(39-45-71)58-30-33-64(34-31-58)78-28-13-19-61-15-3-6-24-76(61)78)72-46-40-60(41-47-72)68-42-49-82-85(56-68)89-84-51-43-63-17-5-8-27-81(63)86(82)84/h1-56H. The maximum Gasteiger partial charge on any atom is 0.136 e. The fraction of sp³-hybridized carbons (Fsp3) is 0. The summed E-state index contributed by atoms with van der Waals surface area (Å²) in [6.07, 6.45) is 0. The van der Waals surface area contributed by atoms with Gasteiger partial charge in [-0.3, -0.25) is 0 Å². The summed E-state index contributed by atoms with van der Waals surface area (Å²) in [5.41, 5.74) is 19.6. The van der Waals surface area contributed by atoms with Crippen LogP contribution in [-0.4, -0.2) is 0 Å². The van der Waals surface area contributed by atoms with Crippen LogP contribution in [0.15, 0.2) is 344 Å². The molecule has 416 valence electrons. The second-order valence-corrected chi connectivity index (χ2v) is 23.2. The average Bonchev–Trinajstić information content (AvgIpc) is 2.50. The van der Waals surface area contributed by atoms with Crippen molar-refractivity contribution >= 4 is 110 Å². The number of furan rings is 1. The van der Waals surface area contributed by atoms with E-state index in [1.54, 1.807) is 0 Å². The Hall–Kier alpha value is -11.8. The molecule has 3 nitrogen and oxygen atoms in total. The van der Waals surface area contributed by atoms with Gasteiger partial charge >= 0.3 is 0 Å². The number of rotatable bonds is 11. The monoisotopic (exact) mass is 1130 g/mol. The summed E-state index contributed by atoms with van der Waals surface area (Å²) in [7, 11) is 0. The van der Waals surface area contributed by atoms with Crippen LogP contribution in [0.4, 0.5) is 34.1 Å². The van der Waals surface area contributed by atoms with Gasteiger partial charge in [-0.05, 0) is 195 Å². The van der Waals surface area contributed by atoms with Gasteiger partial charge in [-0.1, -0.05) is 249 Å². The number of hydrogen-bond donors (Lipinski definition) is 0. The van der Waals surface area contributed by atoms with E-state index in [4.69, 9.17) is 4.42 Å². The molecule has 0 spiro atoms. The molecule has 0 aliphatic heterocycles. The maximum absolute atomic E-state index is 6.56. The van der Waals surface area contributed by atoms with Gasteiger partial charge in [-0.25, -0.2) is 0 Å². The van der Waals surface area contributed by atoms with E-state index < -0.39 is 0 Å². The van der Waals surface area contributed by atoms with Crippen LogP contribution in [-0.2, 0) is 0 Å². The van der Waals surface area contributed by atoms with Crippen LogP contribution >= 0.6 is 0 Å². The molecule has 89 heavy (non-hydrogen) atoms. The van der Waals surface area contributed by atoms with E-state index in [-0.39, 0.29) is 0 Å². The summed E-state index contributed by atoms with van der Waals surface area (Å²) in [6, 6.07) is 124. The zero-order chi connectivity index (χ0) is 58.8. The van der Waals surface area contributed by atoms with E-state index in [1.165, 1.54) is 70.6 Å². The van der Waals surface area contributed by atoms with Crippen LogP contribution in [0.5, 0.6) is 0 Å². The number of nitrogens with zero attached hydrogens (tertiary/aromatic N) is 2. The topological polar surface area (TPSA) is 19.6 Å². The lowest BCUT2D eigenvalue weighted by molar-refractivity contribution is 0.669. The van der Waals surface area contributed by atoms with E-state index in [1.807, 2.05) is 0 Å². The zero-order valence-electron chi connectivity index (χ0n) is 48.6. The van der Waals surface area contributed by atoms with E-state index in [9.17, 15) is 0 Å². The predicted molar refractivity (Wildman–Crippen MR) is 378 cm³/mol. The first-order chi connectivity index (χ1) is 44.1. The second-order valence-electron chi connectivity index (χ2n) is 23.2. The van der Waals surface area contributed by atoms with Crippen molar-refractivity contribution in [3.8, 4) is 55.6 Å². The summed E-state index contributed by atoms with van der Waals surface area (Å²) in [4.78, 5) is 4.82. The number of benzene rings is 16. The molecule has 0 fully saturated rings. The Bertz CT molecular complexity index is 5560. The van der Waals surface area contributed by atoms with Gasteiger partial charge in [0.1, 0.15) is 11.2 Å². The molecular formula is C86H56N2O. The molecule has 0 unspecified atom stereocenters. The minimum atomic E-state index is 0.880. The molecular weight excluding hydrogens is 1080 g/mol. The molecule has 1 heterocycles. The molecule has 0 atom stereocenters. The molecule has 0 radical (unpaired) electrons. The molecule has 0 aliphatic carbocycles. The molecule has 16 aromatic carbocycles. The largest absolute Gasteiger partial charge is 0.456 e. The van der Waals surface area contributed by atoms with Gasteiger partial charge < -0.3 is 14.2 Å². The normalized spacial score (nSPS) is 11.6. The van der Waals surface area contributed by atoms with E-state index in [2.05, 4.69) is 350 Å². The molecule has 0 aliphatic rings. The number of anilines is 6. The Labute approximate surface area is 516 Å². The molecule has 0 amide bonds. The van der Waals surface area contributed by atoms with Gasteiger partial charge in [0.15, 0.2) is 0 Å². The summed E-state index contributed by atoms with van der Waals surface area (Å²) in [5, 5.41) is 14.5. The Morgan fingerprint density at radius 3 is 1.42 bits per heavy atom. The molecule has 3 heteroatoms. The Morgan fingerprint density at radius 2 is 0.640 bits per heavy atom. The summed E-state index contributed by atoms with van der Waals surface area (Å²) < 4.78 is 6.56. The quantitative estimate of drug-likeness (QED) is 0.120. The van der Waals surface area contributed by atoms with Gasteiger partial charge in [0.25, 0.3) is 0 Å². The van der Waals surface area contributed by atoms with E-state index in [0.29, 0.717) is 0 Å². The second kappa shape index (κ2) is 21.6. The van der Waals surface area contributed by atoms with Crippen LogP contribution in [0.25, 0.3) is 131 Å². The minimum absolute atomic E-state index is 0.880. The van der Waals surface area contributed by atoms with Crippen molar-refractivity contribution in [2.45, 2.75) is 0 Å². The first-order valence-corrected chi connectivity index (χ1v) is 30.5. The molecule has 0 saturated heterocycles. The summed E-state index contributed by atoms with van der Waals surface area (Å²) >= 11 is 0. The van der Waals surface area contributed by atoms with Crippen molar-refractivity contribution in [1.82, 2.24) is 0 Å². The fourth-order valence-corrected chi connectivity index (χ4v) is 13.6. The molecule has 0 bridgehead atoms. The number of para-hydroxylation sites is 1. The van der Waals surface area contributed by atoms with Gasteiger partial charge in [-0.2, -0.15) is 0 Å². The van der Waals surface area contributed by atoms with Crippen LogP contribution in [0.2, 0.25) is 0 Å². The van der Waals surface area contributed by atoms with Crippen LogP contribution in [0, 0.1) is 0 Å². The Kier molecular flexibility index (Phi) is 12.5. The van der Waals surface area contributed by atoms with Crippen LogP contribution < -0.4 is 9.80 Å². The van der Waals surface area contributed by atoms with E-state index in [0.717, 1.165) is 95.0 Å². The third-order valence-corrected chi connectivity index (χ3v) is 18.0. The highest BCUT2D eigenvalue weighted by molar-refractivity contribution is 6.19. The average molecular weight is 1130 g/mol. The summed E-state index contributed by atoms with van der Waals surface area (Å²) in [6.45, 7) is 0. The van der Waals surface area contributed by atoms with Crippen LogP contribution in [0.1, 0.15) is 0 Å². The van der Waals surface area contributed by atoms with Crippen molar-refractivity contribution < 1.29 is 4.42 Å². The Morgan fingerprint density at radius 1 is 0.191 bits per heavy atom. The Balaban J connectivity index is 0.774. The van der Waals surface area contributed by atoms with Gasteiger partial charge in [-0.15, -0.1) is 0 Å². The third-order valence-electron chi connectivity index (χ3n) is 18.0. The zero-order valence-corrected chi connectivity index (χ0v) is 48.6. The van der Waals surface area contributed by atoms with Gasteiger partial charge in [0, 0.05) is 44.8 Å². The predicted octanol–water partition coefficient (Wildman–Crippen LogP) is 24.6. The first kappa shape index (κ1) is 51.6. The van der Waals surface area contributed by atoms with Gasteiger partial charge in [0.05, 0.1) is 5.69 Å². The molecule has 0 saturated carbocycles. The highest BCUT2D eigenvalue weighted by Gasteiger charge is 2.22. The van der Waals surface area contributed by atoms with Crippen molar-refractivity contribution in [3.05, 3.63) is 340 Å². The van der Waals surface area contributed by atoms with Crippen LogP contribution in [0.3, 0.4) is 0 Å². The first-order valence-electron chi connectivity index (χ1n) is 30.5. The lowest BCUT2D eigenvalue weighted by atomic mass is 9.96. The maximum atomic E-state index is 6.56. The highest BCUT2D eigenvalue weighted by Crippen LogP contribution is 2.46. The number of fused-ring (bicyclic) bond motifs is 10. The lowest BCUT2D eigenvalue weighted by Crippen LogP contribution is -2.12. The lowest BCUT2D eigenvalue weighted by Gasteiger charge is -2.29. The van der Waals surface area contributed by atoms with Crippen molar-refractivity contribution in [2.24, 2.45) is 0 Å². The third kappa shape index (κ3) is 9.32. The minimum Gasteiger partial charge on any atom is -0.456 e. The van der Waals surface area contributed by atoms with Crippen molar-refractivity contribution in [1.29, 1.82) is 0 Å². The number of hydrogen-bond acceptors (Lipinski definition) is 3.